The molecule has 2 aliphatic rings. The summed E-state index contributed by atoms with van der Waals surface area (Å²) in [6, 6.07) is 8.86. The van der Waals surface area contributed by atoms with Crippen LogP contribution in [0, 0.1) is 0 Å². The van der Waals surface area contributed by atoms with Gasteiger partial charge in [-0.15, -0.1) is 23.7 Å². The third-order valence-electron chi connectivity index (χ3n) is 4.97. The maximum Gasteiger partial charge on any atom is 0.237 e. The normalized spacial score (nSPS) is 21.5. The molecule has 1 aliphatic heterocycles. The molecule has 1 atom stereocenters. The summed E-state index contributed by atoms with van der Waals surface area (Å²) in [5.74, 6) is 0.188. The average Bonchev–Trinajstić information content (AvgIpc) is 2.93. The molecule has 124 valence electrons. The van der Waals surface area contributed by atoms with E-state index in [-0.39, 0.29) is 24.4 Å². The number of carbonyl (C=O) groups is 1. The molecule has 1 fully saturated rings. The maximum absolute atomic E-state index is 12.6. The van der Waals surface area contributed by atoms with Gasteiger partial charge in [0.1, 0.15) is 0 Å². The molecule has 0 unspecified atom stereocenters. The van der Waals surface area contributed by atoms with Crippen molar-refractivity contribution >= 4 is 39.7 Å². The van der Waals surface area contributed by atoms with Gasteiger partial charge in [-0.25, -0.2) is 0 Å². The lowest BCUT2D eigenvalue weighted by Gasteiger charge is -2.28. The Morgan fingerprint density at radius 3 is 2.78 bits per heavy atom. The third kappa shape index (κ3) is 3.39. The fraction of sp³-hybridized carbons (Fsp3) is 0.500. The van der Waals surface area contributed by atoms with Crippen molar-refractivity contribution in [2.75, 3.05) is 0 Å². The van der Waals surface area contributed by atoms with E-state index in [2.05, 4.69) is 34.9 Å². The van der Waals surface area contributed by atoms with Crippen molar-refractivity contribution in [2.45, 2.75) is 57.2 Å². The Bertz CT molecular complexity index is 693. The van der Waals surface area contributed by atoms with Crippen LogP contribution in [0.2, 0.25) is 0 Å². The van der Waals surface area contributed by atoms with Crippen molar-refractivity contribution in [3.05, 3.63) is 34.7 Å². The Morgan fingerprint density at radius 1 is 1.17 bits per heavy atom. The number of benzene rings is 1. The van der Waals surface area contributed by atoms with Crippen LogP contribution in [0.3, 0.4) is 0 Å². The van der Waals surface area contributed by atoms with Gasteiger partial charge in [0.2, 0.25) is 5.91 Å². The first kappa shape index (κ1) is 16.7. The molecule has 0 saturated heterocycles. The standard InChI is InChI=1S/C18H22N2OS.ClH/c21-18(20-12-6-2-1-3-7-12)15-10-14-13-8-4-5-9-16(13)22-17(14)11-19-15;/h4-5,8-9,12,15,19H,1-3,6-7,10-11H2,(H,20,21);1H/t15-;/m0./s1. The Hall–Kier alpha value is -1.10. The van der Waals surface area contributed by atoms with Crippen LogP contribution in [0.15, 0.2) is 24.3 Å². The highest BCUT2D eigenvalue weighted by atomic mass is 35.5. The number of thiophene rings is 1. The fourth-order valence-electron chi connectivity index (χ4n) is 3.74. The summed E-state index contributed by atoms with van der Waals surface area (Å²) in [6.45, 7) is 0.817. The van der Waals surface area contributed by atoms with Crippen LogP contribution in [0.1, 0.15) is 42.5 Å². The van der Waals surface area contributed by atoms with Crippen LogP contribution in [-0.4, -0.2) is 18.0 Å². The van der Waals surface area contributed by atoms with E-state index in [1.807, 2.05) is 11.3 Å². The number of nitrogens with one attached hydrogen (secondary N) is 2. The molecular formula is C18H23ClN2OS. The van der Waals surface area contributed by atoms with Gasteiger partial charge in [-0.1, -0.05) is 37.5 Å². The number of hydrogen-bond acceptors (Lipinski definition) is 3. The topological polar surface area (TPSA) is 41.1 Å². The van der Waals surface area contributed by atoms with E-state index in [1.165, 1.54) is 39.8 Å². The monoisotopic (exact) mass is 350 g/mol. The average molecular weight is 351 g/mol. The zero-order chi connectivity index (χ0) is 14.9. The molecule has 4 rings (SSSR count). The van der Waals surface area contributed by atoms with Crippen LogP contribution in [0.25, 0.3) is 10.1 Å². The van der Waals surface area contributed by atoms with E-state index >= 15 is 0 Å². The zero-order valence-electron chi connectivity index (χ0n) is 13.1. The van der Waals surface area contributed by atoms with Gasteiger partial charge < -0.3 is 10.6 Å². The second kappa shape index (κ2) is 7.20. The van der Waals surface area contributed by atoms with E-state index in [1.54, 1.807) is 0 Å². The summed E-state index contributed by atoms with van der Waals surface area (Å²) in [6.07, 6.45) is 6.93. The first-order valence-electron chi connectivity index (χ1n) is 8.34. The molecule has 1 saturated carbocycles. The Morgan fingerprint density at radius 2 is 1.96 bits per heavy atom. The minimum absolute atomic E-state index is 0. The van der Waals surface area contributed by atoms with E-state index in [9.17, 15) is 4.79 Å². The molecule has 23 heavy (non-hydrogen) atoms. The summed E-state index contributed by atoms with van der Waals surface area (Å²) < 4.78 is 1.34. The van der Waals surface area contributed by atoms with E-state index in [0.29, 0.717) is 6.04 Å². The third-order valence-corrected chi connectivity index (χ3v) is 6.18. The molecule has 1 aromatic heterocycles. The first-order chi connectivity index (χ1) is 10.8. The smallest absolute Gasteiger partial charge is 0.237 e. The molecule has 5 heteroatoms. The quantitative estimate of drug-likeness (QED) is 0.865. The van der Waals surface area contributed by atoms with Gasteiger partial charge in [0.15, 0.2) is 0 Å². The van der Waals surface area contributed by atoms with Crippen molar-refractivity contribution in [3.8, 4) is 0 Å². The van der Waals surface area contributed by atoms with Crippen LogP contribution in [0.5, 0.6) is 0 Å². The second-order valence-corrected chi connectivity index (χ2v) is 7.62. The van der Waals surface area contributed by atoms with Crippen LogP contribution < -0.4 is 10.6 Å². The largest absolute Gasteiger partial charge is 0.352 e. The fourth-order valence-corrected chi connectivity index (χ4v) is 4.93. The van der Waals surface area contributed by atoms with Crippen LogP contribution in [0.4, 0.5) is 0 Å². The number of amides is 1. The summed E-state index contributed by atoms with van der Waals surface area (Å²) in [7, 11) is 0. The number of carbonyl (C=O) groups excluding carboxylic acids is 1. The lowest BCUT2D eigenvalue weighted by atomic mass is 9.94. The molecule has 0 bridgehead atoms. The van der Waals surface area contributed by atoms with Crippen molar-refractivity contribution in [1.29, 1.82) is 0 Å². The molecule has 1 aromatic carbocycles. The van der Waals surface area contributed by atoms with Gasteiger partial charge in [0, 0.05) is 22.2 Å². The van der Waals surface area contributed by atoms with Gasteiger partial charge in [-0.3, -0.25) is 4.79 Å². The first-order valence-corrected chi connectivity index (χ1v) is 9.16. The van der Waals surface area contributed by atoms with Gasteiger partial charge in [-0.05, 0) is 36.3 Å². The number of rotatable bonds is 2. The van der Waals surface area contributed by atoms with Crippen LogP contribution in [-0.2, 0) is 17.8 Å². The van der Waals surface area contributed by atoms with Crippen molar-refractivity contribution in [2.24, 2.45) is 0 Å². The van der Waals surface area contributed by atoms with Crippen LogP contribution >= 0.6 is 23.7 Å². The summed E-state index contributed by atoms with van der Waals surface area (Å²) in [5.41, 5.74) is 1.38. The molecule has 3 nitrogen and oxygen atoms in total. The van der Waals surface area contributed by atoms with Crippen molar-refractivity contribution < 1.29 is 4.79 Å². The lowest BCUT2D eigenvalue weighted by molar-refractivity contribution is -0.124. The highest BCUT2D eigenvalue weighted by molar-refractivity contribution is 7.19. The van der Waals surface area contributed by atoms with E-state index in [0.717, 1.165) is 25.8 Å². The molecule has 0 radical (unpaired) electrons. The molecular weight excluding hydrogens is 328 g/mol. The predicted octanol–water partition coefficient (Wildman–Crippen LogP) is 3.79. The van der Waals surface area contributed by atoms with Gasteiger partial charge >= 0.3 is 0 Å². The zero-order valence-corrected chi connectivity index (χ0v) is 14.8. The molecule has 1 aliphatic carbocycles. The van der Waals surface area contributed by atoms with Gasteiger partial charge in [0.25, 0.3) is 0 Å². The molecule has 0 spiro atoms. The predicted molar refractivity (Wildman–Crippen MR) is 98.4 cm³/mol. The molecule has 2 heterocycles. The van der Waals surface area contributed by atoms with E-state index < -0.39 is 0 Å². The van der Waals surface area contributed by atoms with Crippen molar-refractivity contribution in [1.82, 2.24) is 10.6 Å². The number of fused-ring (bicyclic) bond motifs is 3. The highest BCUT2D eigenvalue weighted by Crippen LogP contribution is 2.34. The summed E-state index contributed by atoms with van der Waals surface area (Å²) in [4.78, 5) is 14.0. The van der Waals surface area contributed by atoms with Gasteiger partial charge in [-0.2, -0.15) is 0 Å². The molecule has 2 N–H and O–H groups in total. The summed E-state index contributed by atoms with van der Waals surface area (Å²) >= 11 is 1.85. The second-order valence-electron chi connectivity index (χ2n) is 6.48. The SMILES string of the molecule is Cl.O=C(NC1CCCCC1)[C@@H]1Cc2c(sc3ccccc23)CN1. The lowest BCUT2D eigenvalue weighted by Crippen LogP contribution is -2.50. The maximum atomic E-state index is 12.6. The minimum atomic E-state index is -0.0765. The molecule has 1 amide bonds. The Balaban J connectivity index is 0.00000156. The highest BCUT2D eigenvalue weighted by Gasteiger charge is 2.28. The summed E-state index contributed by atoms with van der Waals surface area (Å²) in [5, 5.41) is 8.02. The minimum Gasteiger partial charge on any atom is -0.352 e. The Kier molecular flexibility index (Phi) is 5.24. The van der Waals surface area contributed by atoms with E-state index in [4.69, 9.17) is 0 Å². The van der Waals surface area contributed by atoms with Crippen molar-refractivity contribution in [3.63, 3.8) is 0 Å². The Labute approximate surface area is 147 Å². The molecule has 2 aromatic rings. The number of halogens is 1. The number of hydrogen-bond donors (Lipinski definition) is 2. The van der Waals surface area contributed by atoms with Gasteiger partial charge in [0.05, 0.1) is 6.04 Å².